The average Bonchev–Trinajstić information content (AvgIpc) is 3.10. The number of pyridine rings is 1. The van der Waals surface area contributed by atoms with Gasteiger partial charge in [0.15, 0.2) is 5.82 Å². The standard InChI is InChI=1S/C27H26F3N3O2/c1-26(2,3)16-22-25(31-23-14-11-19(17-33(22)23)27(28,29)30)32-24(34)15-18-9-12-21(13-10-18)35-20-7-5-4-6-8-20/h4-14,17H,15-16H2,1-3H3,(H,32,34). The predicted octanol–water partition coefficient (Wildman–Crippen LogP) is 6.92. The minimum Gasteiger partial charge on any atom is -0.457 e. The summed E-state index contributed by atoms with van der Waals surface area (Å²) in [6.45, 7) is 5.93. The number of alkyl halides is 3. The fourth-order valence-electron chi connectivity index (χ4n) is 3.69. The molecule has 0 bridgehead atoms. The SMILES string of the molecule is CC(C)(C)Cc1c(NC(=O)Cc2ccc(Oc3ccccc3)cc2)nc2ccc(C(F)(F)F)cn12. The summed E-state index contributed by atoms with van der Waals surface area (Å²) in [5.41, 5.74) is 0.628. The van der Waals surface area contributed by atoms with Crippen molar-refractivity contribution in [2.24, 2.45) is 5.41 Å². The van der Waals surface area contributed by atoms with E-state index >= 15 is 0 Å². The third kappa shape index (κ3) is 6.20. The lowest BCUT2D eigenvalue weighted by Crippen LogP contribution is -2.18. The minimum absolute atomic E-state index is 0.0856. The number of aromatic nitrogens is 2. The summed E-state index contributed by atoms with van der Waals surface area (Å²) in [6, 6.07) is 18.8. The van der Waals surface area contributed by atoms with Crippen LogP contribution < -0.4 is 10.1 Å². The van der Waals surface area contributed by atoms with Gasteiger partial charge in [-0.25, -0.2) is 4.98 Å². The topological polar surface area (TPSA) is 55.6 Å². The second-order valence-corrected chi connectivity index (χ2v) is 9.57. The summed E-state index contributed by atoms with van der Waals surface area (Å²) >= 11 is 0. The quantitative estimate of drug-likeness (QED) is 0.325. The maximum atomic E-state index is 13.3. The number of anilines is 1. The van der Waals surface area contributed by atoms with Gasteiger partial charge in [0.25, 0.3) is 0 Å². The van der Waals surface area contributed by atoms with Crippen LogP contribution in [0.5, 0.6) is 11.5 Å². The van der Waals surface area contributed by atoms with E-state index in [1.54, 1.807) is 24.3 Å². The van der Waals surface area contributed by atoms with Gasteiger partial charge in [-0.05, 0) is 53.8 Å². The Bertz CT molecular complexity index is 1320. The number of fused-ring (bicyclic) bond motifs is 1. The van der Waals surface area contributed by atoms with Gasteiger partial charge in [0.05, 0.1) is 17.7 Å². The van der Waals surface area contributed by atoms with Gasteiger partial charge in [-0.2, -0.15) is 13.2 Å². The smallest absolute Gasteiger partial charge is 0.417 e. The van der Waals surface area contributed by atoms with Crippen LogP contribution in [0.1, 0.15) is 37.6 Å². The number of carbonyl (C=O) groups is 1. The van der Waals surface area contributed by atoms with Gasteiger partial charge in [-0.15, -0.1) is 0 Å². The van der Waals surface area contributed by atoms with E-state index in [4.69, 9.17) is 4.74 Å². The molecule has 1 amide bonds. The molecule has 0 radical (unpaired) electrons. The summed E-state index contributed by atoms with van der Waals surface area (Å²) in [7, 11) is 0. The lowest BCUT2D eigenvalue weighted by Gasteiger charge is -2.19. The van der Waals surface area contributed by atoms with Gasteiger partial charge in [-0.3, -0.25) is 4.79 Å². The molecule has 2 heterocycles. The summed E-state index contributed by atoms with van der Waals surface area (Å²) in [5, 5.41) is 2.80. The van der Waals surface area contributed by atoms with Crippen LogP contribution >= 0.6 is 0 Å². The van der Waals surface area contributed by atoms with E-state index in [2.05, 4.69) is 10.3 Å². The molecular weight excluding hydrogens is 455 g/mol. The summed E-state index contributed by atoms with van der Waals surface area (Å²) < 4.78 is 47.0. The molecular formula is C27H26F3N3O2. The molecule has 1 N–H and O–H groups in total. The highest BCUT2D eigenvalue weighted by molar-refractivity contribution is 5.92. The van der Waals surface area contributed by atoms with Crippen molar-refractivity contribution in [3.8, 4) is 11.5 Å². The molecule has 2 aromatic carbocycles. The normalized spacial score (nSPS) is 12.1. The Balaban J connectivity index is 1.53. The first kappa shape index (κ1) is 24.3. The number of carbonyl (C=O) groups excluding carboxylic acids is 1. The van der Waals surface area contributed by atoms with Crippen LogP contribution in [0.3, 0.4) is 0 Å². The maximum Gasteiger partial charge on any atom is 0.417 e. The molecule has 0 aliphatic carbocycles. The van der Waals surface area contributed by atoms with Crippen LogP contribution in [0.4, 0.5) is 19.0 Å². The number of rotatable bonds is 6. The highest BCUT2D eigenvalue weighted by atomic mass is 19.4. The number of halogens is 3. The van der Waals surface area contributed by atoms with Gasteiger partial charge in [0.1, 0.15) is 17.1 Å². The van der Waals surface area contributed by atoms with Gasteiger partial charge in [0, 0.05) is 6.20 Å². The van der Waals surface area contributed by atoms with Crippen LogP contribution in [-0.2, 0) is 23.8 Å². The lowest BCUT2D eigenvalue weighted by molar-refractivity contribution is -0.137. The molecule has 0 atom stereocenters. The molecule has 0 aliphatic rings. The molecule has 0 unspecified atom stereocenters. The summed E-state index contributed by atoms with van der Waals surface area (Å²) in [5.74, 6) is 1.32. The zero-order valence-electron chi connectivity index (χ0n) is 19.7. The van der Waals surface area contributed by atoms with Crippen LogP contribution in [0.2, 0.25) is 0 Å². The molecule has 0 aliphatic heterocycles. The van der Waals surface area contributed by atoms with Crippen molar-refractivity contribution < 1.29 is 22.7 Å². The van der Waals surface area contributed by atoms with E-state index < -0.39 is 11.7 Å². The van der Waals surface area contributed by atoms with Crippen LogP contribution in [0, 0.1) is 5.41 Å². The highest BCUT2D eigenvalue weighted by Gasteiger charge is 2.32. The monoisotopic (exact) mass is 481 g/mol. The number of imidazole rings is 1. The zero-order valence-corrected chi connectivity index (χ0v) is 19.7. The van der Waals surface area contributed by atoms with Crippen molar-refractivity contribution in [2.45, 2.75) is 39.8 Å². The first-order valence-corrected chi connectivity index (χ1v) is 11.2. The third-order valence-electron chi connectivity index (χ3n) is 5.27. The number of para-hydroxylation sites is 1. The van der Waals surface area contributed by atoms with Crippen LogP contribution in [0.15, 0.2) is 72.9 Å². The molecule has 182 valence electrons. The Kier molecular flexibility index (Phi) is 6.56. The third-order valence-corrected chi connectivity index (χ3v) is 5.27. The van der Waals surface area contributed by atoms with E-state index in [0.29, 0.717) is 29.3 Å². The molecule has 0 saturated heterocycles. The van der Waals surface area contributed by atoms with Gasteiger partial charge in [0.2, 0.25) is 5.91 Å². The second kappa shape index (κ2) is 9.44. The zero-order chi connectivity index (χ0) is 25.2. The Hall–Kier alpha value is -3.81. The molecule has 2 aromatic heterocycles. The van der Waals surface area contributed by atoms with E-state index in [9.17, 15) is 18.0 Å². The van der Waals surface area contributed by atoms with Crippen LogP contribution in [0.25, 0.3) is 5.65 Å². The van der Waals surface area contributed by atoms with E-state index in [0.717, 1.165) is 17.8 Å². The van der Waals surface area contributed by atoms with Gasteiger partial charge >= 0.3 is 6.18 Å². The van der Waals surface area contributed by atoms with Crippen LogP contribution in [-0.4, -0.2) is 15.3 Å². The molecule has 0 saturated carbocycles. The molecule has 4 rings (SSSR count). The average molecular weight is 482 g/mol. The van der Waals surface area contributed by atoms with Crippen molar-refractivity contribution in [1.82, 2.24) is 9.38 Å². The fraction of sp³-hybridized carbons (Fsp3) is 0.259. The number of hydrogen-bond acceptors (Lipinski definition) is 3. The highest BCUT2D eigenvalue weighted by Crippen LogP contribution is 2.32. The predicted molar refractivity (Wildman–Crippen MR) is 129 cm³/mol. The van der Waals surface area contributed by atoms with Gasteiger partial charge < -0.3 is 14.5 Å². The number of amides is 1. The van der Waals surface area contributed by atoms with Crippen molar-refractivity contribution in [3.05, 3.63) is 89.7 Å². The Morgan fingerprint density at radius 2 is 1.60 bits per heavy atom. The van der Waals surface area contributed by atoms with E-state index in [1.807, 2.05) is 51.1 Å². The summed E-state index contributed by atoms with van der Waals surface area (Å²) in [4.78, 5) is 17.2. The largest absolute Gasteiger partial charge is 0.457 e. The first-order valence-electron chi connectivity index (χ1n) is 11.2. The molecule has 35 heavy (non-hydrogen) atoms. The molecule has 4 aromatic rings. The molecule has 0 spiro atoms. The Labute approximate surface area is 201 Å². The molecule has 8 heteroatoms. The van der Waals surface area contributed by atoms with Crippen molar-refractivity contribution in [2.75, 3.05) is 5.32 Å². The Morgan fingerprint density at radius 3 is 2.23 bits per heavy atom. The lowest BCUT2D eigenvalue weighted by atomic mass is 9.90. The maximum absolute atomic E-state index is 13.3. The second-order valence-electron chi connectivity index (χ2n) is 9.57. The number of nitrogens with one attached hydrogen (secondary N) is 1. The summed E-state index contributed by atoms with van der Waals surface area (Å²) in [6.07, 6.45) is -2.93. The Morgan fingerprint density at radius 1 is 0.943 bits per heavy atom. The van der Waals surface area contributed by atoms with E-state index in [1.165, 1.54) is 10.5 Å². The van der Waals surface area contributed by atoms with E-state index in [-0.39, 0.29) is 23.6 Å². The van der Waals surface area contributed by atoms with Gasteiger partial charge in [-0.1, -0.05) is 51.1 Å². The molecule has 5 nitrogen and oxygen atoms in total. The molecule has 0 fully saturated rings. The number of nitrogens with zero attached hydrogens (tertiary/aromatic N) is 2. The van der Waals surface area contributed by atoms with Crippen molar-refractivity contribution >= 4 is 17.4 Å². The first-order chi connectivity index (χ1) is 16.5. The minimum atomic E-state index is -4.47. The number of ether oxygens (including phenoxy) is 1. The number of hydrogen-bond donors (Lipinski definition) is 1. The fourth-order valence-corrected chi connectivity index (χ4v) is 3.69. The van der Waals surface area contributed by atoms with Crippen molar-refractivity contribution in [3.63, 3.8) is 0 Å². The number of benzene rings is 2. The van der Waals surface area contributed by atoms with Crippen molar-refractivity contribution in [1.29, 1.82) is 0 Å².